The second-order valence-electron chi connectivity index (χ2n) is 6.80. The van der Waals surface area contributed by atoms with E-state index in [4.69, 9.17) is 9.15 Å². The summed E-state index contributed by atoms with van der Waals surface area (Å²) >= 11 is 0. The number of methoxy groups -OCH3 is 1. The SMILES string of the molecule is COc1cc(CCCCC(C)CCCc2cccnc2)oc(=O)c1C. The average Bonchev–Trinajstić information content (AvgIpc) is 2.62. The lowest BCUT2D eigenvalue weighted by Gasteiger charge is -2.11. The van der Waals surface area contributed by atoms with E-state index in [9.17, 15) is 4.79 Å². The molecule has 0 aliphatic carbocycles. The van der Waals surface area contributed by atoms with Crippen molar-refractivity contribution >= 4 is 0 Å². The molecule has 0 aliphatic heterocycles. The van der Waals surface area contributed by atoms with Gasteiger partial charge in [0.15, 0.2) is 0 Å². The van der Waals surface area contributed by atoms with Gasteiger partial charge in [0.05, 0.1) is 12.7 Å². The van der Waals surface area contributed by atoms with Gasteiger partial charge in [0, 0.05) is 24.9 Å². The van der Waals surface area contributed by atoms with Crippen LogP contribution < -0.4 is 10.4 Å². The minimum atomic E-state index is -0.293. The topological polar surface area (TPSA) is 52.3 Å². The summed E-state index contributed by atoms with van der Waals surface area (Å²) in [6.45, 7) is 4.04. The number of pyridine rings is 1. The van der Waals surface area contributed by atoms with Gasteiger partial charge in [-0.15, -0.1) is 0 Å². The zero-order chi connectivity index (χ0) is 18.1. The van der Waals surface area contributed by atoms with Crippen LogP contribution in [0.15, 0.2) is 39.8 Å². The van der Waals surface area contributed by atoms with E-state index < -0.39 is 0 Å². The minimum absolute atomic E-state index is 0.293. The first-order chi connectivity index (χ1) is 12.1. The summed E-state index contributed by atoms with van der Waals surface area (Å²) in [7, 11) is 1.58. The van der Waals surface area contributed by atoms with E-state index in [1.54, 1.807) is 14.0 Å². The van der Waals surface area contributed by atoms with Gasteiger partial charge in [0.2, 0.25) is 0 Å². The first-order valence-corrected chi connectivity index (χ1v) is 9.16. The van der Waals surface area contributed by atoms with Gasteiger partial charge < -0.3 is 9.15 Å². The van der Waals surface area contributed by atoms with Crippen LogP contribution in [-0.4, -0.2) is 12.1 Å². The van der Waals surface area contributed by atoms with Gasteiger partial charge in [-0.05, 0) is 43.7 Å². The molecule has 0 radical (unpaired) electrons. The van der Waals surface area contributed by atoms with E-state index in [0.717, 1.165) is 37.4 Å². The van der Waals surface area contributed by atoms with Crippen LogP contribution in [0.4, 0.5) is 0 Å². The van der Waals surface area contributed by atoms with Crippen molar-refractivity contribution in [1.29, 1.82) is 0 Å². The Hall–Kier alpha value is -2.10. The van der Waals surface area contributed by atoms with Crippen LogP contribution in [-0.2, 0) is 12.8 Å². The smallest absolute Gasteiger partial charge is 0.342 e. The van der Waals surface area contributed by atoms with Crippen LogP contribution in [0.3, 0.4) is 0 Å². The predicted octanol–water partition coefficient (Wildman–Crippen LogP) is 4.72. The van der Waals surface area contributed by atoms with E-state index >= 15 is 0 Å². The lowest BCUT2D eigenvalue weighted by molar-refractivity contribution is 0.382. The van der Waals surface area contributed by atoms with Gasteiger partial charge in [-0.1, -0.05) is 32.3 Å². The summed E-state index contributed by atoms with van der Waals surface area (Å²) in [4.78, 5) is 15.9. The first-order valence-electron chi connectivity index (χ1n) is 9.16. The molecule has 136 valence electrons. The Labute approximate surface area is 150 Å². The van der Waals surface area contributed by atoms with Crippen molar-refractivity contribution in [2.45, 2.75) is 58.8 Å². The molecule has 25 heavy (non-hydrogen) atoms. The highest BCUT2D eigenvalue weighted by molar-refractivity contribution is 5.30. The zero-order valence-electron chi connectivity index (χ0n) is 15.6. The third kappa shape index (κ3) is 6.37. The Morgan fingerprint density at radius 3 is 2.72 bits per heavy atom. The number of hydrogen-bond donors (Lipinski definition) is 0. The molecule has 2 heterocycles. The standard InChI is InChI=1S/C21H29NO3/c1-16(9-6-10-18-11-7-13-22-15-18)8-4-5-12-19-14-20(24-3)17(2)21(23)25-19/h7,11,13-16H,4-6,8-10,12H2,1-3H3. The van der Waals surface area contributed by atoms with Gasteiger partial charge in [0.1, 0.15) is 11.5 Å². The quantitative estimate of drug-likeness (QED) is 0.586. The van der Waals surface area contributed by atoms with E-state index in [0.29, 0.717) is 11.3 Å². The van der Waals surface area contributed by atoms with Crippen LogP contribution in [0.2, 0.25) is 0 Å². The van der Waals surface area contributed by atoms with Crippen molar-refractivity contribution in [3.63, 3.8) is 0 Å². The molecule has 0 N–H and O–H groups in total. The largest absolute Gasteiger partial charge is 0.496 e. The molecule has 2 rings (SSSR count). The highest BCUT2D eigenvalue weighted by Crippen LogP contribution is 2.19. The fourth-order valence-corrected chi connectivity index (χ4v) is 3.05. The van der Waals surface area contributed by atoms with E-state index in [2.05, 4.69) is 18.0 Å². The Kier molecular flexibility index (Phi) is 7.71. The van der Waals surface area contributed by atoms with Crippen molar-refractivity contribution in [2.75, 3.05) is 7.11 Å². The molecule has 4 heteroatoms. The van der Waals surface area contributed by atoms with Gasteiger partial charge in [-0.2, -0.15) is 0 Å². The highest BCUT2D eigenvalue weighted by Gasteiger charge is 2.08. The van der Waals surface area contributed by atoms with Crippen molar-refractivity contribution < 1.29 is 9.15 Å². The molecular formula is C21H29NO3. The van der Waals surface area contributed by atoms with Crippen LogP contribution in [0, 0.1) is 12.8 Å². The van der Waals surface area contributed by atoms with Crippen molar-refractivity contribution in [1.82, 2.24) is 4.98 Å². The number of aryl methyl sites for hydroxylation is 2. The Morgan fingerprint density at radius 1 is 1.20 bits per heavy atom. The lowest BCUT2D eigenvalue weighted by Crippen LogP contribution is -2.07. The number of ether oxygens (including phenoxy) is 1. The molecule has 0 bridgehead atoms. The third-order valence-electron chi connectivity index (χ3n) is 4.67. The highest BCUT2D eigenvalue weighted by atomic mass is 16.5. The summed E-state index contributed by atoms with van der Waals surface area (Å²) < 4.78 is 10.6. The van der Waals surface area contributed by atoms with Gasteiger partial charge in [-0.3, -0.25) is 4.98 Å². The molecule has 0 spiro atoms. The predicted molar refractivity (Wildman–Crippen MR) is 100 cm³/mol. The maximum Gasteiger partial charge on any atom is 0.342 e. The molecule has 0 fully saturated rings. The maximum atomic E-state index is 11.7. The normalized spacial score (nSPS) is 12.1. The van der Waals surface area contributed by atoms with Gasteiger partial charge >= 0.3 is 5.63 Å². The van der Waals surface area contributed by atoms with Crippen LogP contribution in [0.1, 0.15) is 55.9 Å². The van der Waals surface area contributed by atoms with Crippen molar-refractivity contribution in [2.24, 2.45) is 5.92 Å². The molecule has 1 atom stereocenters. The van der Waals surface area contributed by atoms with E-state index in [1.165, 1.54) is 24.8 Å². The monoisotopic (exact) mass is 343 g/mol. The first kappa shape index (κ1) is 19.2. The molecule has 2 aromatic heterocycles. The molecule has 2 aromatic rings. The maximum absolute atomic E-state index is 11.7. The third-order valence-corrected chi connectivity index (χ3v) is 4.67. The Balaban J connectivity index is 1.65. The molecule has 0 amide bonds. The molecule has 1 unspecified atom stereocenters. The molecular weight excluding hydrogens is 314 g/mol. The van der Waals surface area contributed by atoms with Crippen molar-refractivity contribution in [3.8, 4) is 5.75 Å². The van der Waals surface area contributed by atoms with Crippen LogP contribution in [0.25, 0.3) is 0 Å². The Morgan fingerprint density at radius 2 is 2.00 bits per heavy atom. The van der Waals surface area contributed by atoms with E-state index in [-0.39, 0.29) is 5.63 Å². The number of rotatable bonds is 10. The molecule has 0 saturated heterocycles. The van der Waals surface area contributed by atoms with Crippen LogP contribution >= 0.6 is 0 Å². The number of aromatic nitrogens is 1. The summed E-state index contributed by atoms with van der Waals surface area (Å²) in [6, 6.07) is 5.98. The van der Waals surface area contributed by atoms with Crippen LogP contribution in [0.5, 0.6) is 5.75 Å². The molecule has 4 nitrogen and oxygen atoms in total. The summed E-state index contributed by atoms with van der Waals surface area (Å²) in [5.41, 5.74) is 1.56. The fraction of sp³-hybridized carbons (Fsp3) is 0.524. The molecule has 0 saturated carbocycles. The molecule has 0 aromatic carbocycles. The zero-order valence-corrected chi connectivity index (χ0v) is 15.6. The number of hydrogen-bond acceptors (Lipinski definition) is 4. The minimum Gasteiger partial charge on any atom is -0.496 e. The molecule has 0 aliphatic rings. The summed E-state index contributed by atoms with van der Waals surface area (Å²) in [5.74, 6) is 2.06. The average molecular weight is 343 g/mol. The lowest BCUT2D eigenvalue weighted by atomic mass is 9.96. The number of nitrogens with zero attached hydrogens (tertiary/aromatic N) is 1. The van der Waals surface area contributed by atoms with E-state index in [1.807, 2.05) is 24.5 Å². The number of unbranched alkanes of at least 4 members (excludes halogenated alkanes) is 1. The second kappa shape index (κ2) is 10.0. The summed E-state index contributed by atoms with van der Waals surface area (Å²) in [6.07, 6.45) is 11.5. The van der Waals surface area contributed by atoms with Gasteiger partial charge in [-0.25, -0.2) is 4.79 Å². The van der Waals surface area contributed by atoms with Gasteiger partial charge in [0.25, 0.3) is 0 Å². The second-order valence-corrected chi connectivity index (χ2v) is 6.80. The summed E-state index contributed by atoms with van der Waals surface area (Å²) in [5, 5.41) is 0. The Bertz CT molecular complexity index is 694. The van der Waals surface area contributed by atoms with Crippen molar-refractivity contribution in [3.05, 3.63) is 57.9 Å². The fourth-order valence-electron chi connectivity index (χ4n) is 3.05.